The van der Waals surface area contributed by atoms with Gasteiger partial charge in [-0.1, -0.05) is 0 Å². The second-order valence-electron chi connectivity index (χ2n) is 6.30. The highest BCUT2D eigenvalue weighted by atomic mass is 32.2. The van der Waals surface area contributed by atoms with E-state index in [1.54, 1.807) is 11.8 Å². The molecule has 0 unspecified atom stereocenters. The van der Waals surface area contributed by atoms with E-state index in [4.69, 9.17) is 4.74 Å². The molecule has 0 spiro atoms. The molecule has 0 bridgehead atoms. The van der Waals surface area contributed by atoms with Crippen LogP contribution in [-0.2, 0) is 0 Å². The number of aromatic nitrogens is 2. The van der Waals surface area contributed by atoms with Crippen molar-refractivity contribution in [3.63, 3.8) is 0 Å². The number of benzene rings is 1. The number of piperidine rings is 1. The molecule has 1 aliphatic rings. The normalized spacial score (nSPS) is 15.4. The molecule has 1 saturated heterocycles. The molecule has 1 aromatic heterocycles. The molecule has 0 saturated carbocycles. The SMILES string of the molecule is CSc1ccc(OCCCC2CCN(c3ncc(F)cn3)CC2)cc1. The fourth-order valence-electron chi connectivity index (χ4n) is 3.12. The lowest BCUT2D eigenvalue weighted by atomic mass is 9.92. The monoisotopic (exact) mass is 361 g/mol. The van der Waals surface area contributed by atoms with Crippen molar-refractivity contribution in [2.45, 2.75) is 30.6 Å². The third-order valence-corrected chi connectivity index (χ3v) is 5.33. The number of rotatable bonds is 7. The van der Waals surface area contributed by atoms with Crippen molar-refractivity contribution in [1.82, 2.24) is 9.97 Å². The Morgan fingerprint density at radius 1 is 1.16 bits per heavy atom. The highest BCUT2D eigenvalue weighted by Gasteiger charge is 2.20. The number of hydrogen-bond acceptors (Lipinski definition) is 5. The molecule has 6 heteroatoms. The number of nitrogens with zero attached hydrogens (tertiary/aromatic N) is 3. The highest BCUT2D eigenvalue weighted by molar-refractivity contribution is 7.98. The standard InChI is InChI=1S/C19H24FN3OS/c1-25-18-6-4-17(5-7-18)24-12-2-3-15-8-10-23(11-9-15)19-21-13-16(20)14-22-19/h4-7,13-15H,2-3,8-12H2,1H3. The molecule has 3 rings (SSSR count). The molecule has 0 radical (unpaired) electrons. The Balaban J connectivity index is 1.34. The minimum absolute atomic E-state index is 0.387. The first-order valence-corrected chi connectivity index (χ1v) is 9.96. The van der Waals surface area contributed by atoms with Crippen LogP contribution >= 0.6 is 11.8 Å². The molecule has 25 heavy (non-hydrogen) atoms. The van der Waals surface area contributed by atoms with E-state index in [-0.39, 0.29) is 5.82 Å². The number of ether oxygens (including phenoxy) is 1. The van der Waals surface area contributed by atoms with E-state index in [1.807, 2.05) is 12.1 Å². The van der Waals surface area contributed by atoms with Gasteiger partial charge < -0.3 is 9.64 Å². The van der Waals surface area contributed by atoms with Gasteiger partial charge in [0.2, 0.25) is 5.95 Å². The van der Waals surface area contributed by atoms with Gasteiger partial charge in [-0.25, -0.2) is 14.4 Å². The lowest BCUT2D eigenvalue weighted by Gasteiger charge is -2.31. The van der Waals surface area contributed by atoms with Gasteiger partial charge in [-0.3, -0.25) is 0 Å². The van der Waals surface area contributed by atoms with E-state index in [1.165, 1.54) is 23.7 Å². The average Bonchev–Trinajstić information content (AvgIpc) is 2.67. The summed E-state index contributed by atoms with van der Waals surface area (Å²) in [5, 5.41) is 0. The predicted octanol–water partition coefficient (Wildman–Crippen LogP) is 4.41. The van der Waals surface area contributed by atoms with Gasteiger partial charge in [0.05, 0.1) is 19.0 Å². The van der Waals surface area contributed by atoms with Crippen molar-refractivity contribution in [1.29, 1.82) is 0 Å². The zero-order chi connectivity index (χ0) is 17.5. The first-order valence-electron chi connectivity index (χ1n) is 8.74. The second-order valence-corrected chi connectivity index (χ2v) is 7.18. The molecule has 1 aliphatic heterocycles. The van der Waals surface area contributed by atoms with E-state index in [9.17, 15) is 4.39 Å². The summed E-state index contributed by atoms with van der Waals surface area (Å²) in [6.07, 6.45) is 9.05. The maximum absolute atomic E-state index is 12.9. The van der Waals surface area contributed by atoms with Crippen molar-refractivity contribution in [3.8, 4) is 5.75 Å². The predicted molar refractivity (Wildman–Crippen MR) is 99.9 cm³/mol. The van der Waals surface area contributed by atoms with Crippen molar-refractivity contribution in [2.75, 3.05) is 30.9 Å². The highest BCUT2D eigenvalue weighted by Crippen LogP contribution is 2.24. The van der Waals surface area contributed by atoms with Crippen LogP contribution < -0.4 is 9.64 Å². The summed E-state index contributed by atoms with van der Waals surface area (Å²) in [7, 11) is 0. The topological polar surface area (TPSA) is 38.2 Å². The van der Waals surface area contributed by atoms with Crippen LogP contribution in [0.25, 0.3) is 0 Å². The summed E-state index contributed by atoms with van der Waals surface area (Å²) in [6, 6.07) is 8.25. The van der Waals surface area contributed by atoms with Crippen molar-refractivity contribution in [3.05, 3.63) is 42.5 Å². The molecule has 2 heterocycles. The quantitative estimate of drug-likeness (QED) is 0.539. The molecule has 4 nitrogen and oxygen atoms in total. The molecule has 2 aromatic rings. The fraction of sp³-hybridized carbons (Fsp3) is 0.474. The molecular formula is C19H24FN3OS. The molecule has 0 atom stereocenters. The smallest absolute Gasteiger partial charge is 0.225 e. The Hall–Kier alpha value is -1.82. The van der Waals surface area contributed by atoms with Crippen molar-refractivity contribution >= 4 is 17.7 Å². The van der Waals surface area contributed by atoms with Gasteiger partial charge >= 0.3 is 0 Å². The third-order valence-electron chi connectivity index (χ3n) is 4.59. The number of anilines is 1. The molecule has 1 aromatic carbocycles. The minimum Gasteiger partial charge on any atom is -0.494 e. The van der Waals surface area contributed by atoms with Gasteiger partial charge in [-0.05, 0) is 62.1 Å². The number of thioether (sulfide) groups is 1. The van der Waals surface area contributed by atoms with Crippen LogP contribution in [0.3, 0.4) is 0 Å². The Morgan fingerprint density at radius 2 is 1.84 bits per heavy atom. The molecule has 134 valence electrons. The molecule has 0 aliphatic carbocycles. The van der Waals surface area contributed by atoms with Crippen LogP contribution in [0.15, 0.2) is 41.6 Å². The van der Waals surface area contributed by atoms with Crippen LogP contribution in [0.1, 0.15) is 25.7 Å². The van der Waals surface area contributed by atoms with E-state index >= 15 is 0 Å². The van der Waals surface area contributed by atoms with E-state index in [0.717, 1.165) is 50.6 Å². The van der Waals surface area contributed by atoms with Gasteiger partial charge in [-0.2, -0.15) is 0 Å². The summed E-state index contributed by atoms with van der Waals surface area (Å²) < 4.78 is 18.7. The summed E-state index contributed by atoms with van der Waals surface area (Å²) in [5.41, 5.74) is 0. The molecule has 1 fully saturated rings. The van der Waals surface area contributed by atoms with Gasteiger partial charge in [0.1, 0.15) is 5.75 Å². The van der Waals surface area contributed by atoms with Crippen molar-refractivity contribution in [2.24, 2.45) is 5.92 Å². The minimum atomic E-state index is -0.387. The van der Waals surface area contributed by atoms with E-state index in [2.05, 4.69) is 33.3 Å². The summed E-state index contributed by atoms with van der Waals surface area (Å²) in [5.74, 6) is 1.92. The zero-order valence-electron chi connectivity index (χ0n) is 14.5. The maximum atomic E-state index is 12.9. The third kappa shape index (κ3) is 5.33. The maximum Gasteiger partial charge on any atom is 0.225 e. The molecule has 0 N–H and O–H groups in total. The Bertz CT molecular complexity index is 643. The van der Waals surface area contributed by atoms with Crippen molar-refractivity contribution < 1.29 is 9.13 Å². The van der Waals surface area contributed by atoms with Crippen LogP contribution in [0.4, 0.5) is 10.3 Å². The first kappa shape index (κ1) is 18.0. The van der Waals surface area contributed by atoms with Gasteiger partial charge in [0, 0.05) is 18.0 Å². The Labute approximate surface area is 152 Å². The van der Waals surface area contributed by atoms with E-state index in [0.29, 0.717) is 5.95 Å². The van der Waals surface area contributed by atoms with Crippen LogP contribution in [-0.4, -0.2) is 35.9 Å². The second kappa shape index (κ2) is 9.04. The first-order chi connectivity index (χ1) is 12.2. The fourth-order valence-corrected chi connectivity index (χ4v) is 3.53. The van der Waals surface area contributed by atoms with Gasteiger partial charge in [0.25, 0.3) is 0 Å². The number of halogens is 1. The van der Waals surface area contributed by atoms with Gasteiger partial charge in [0.15, 0.2) is 5.82 Å². The van der Waals surface area contributed by atoms with E-state index < -0.39 is 0 Å². The zero-order valence-corrected chi connectivity index (χ0v) is 15.3. The summed E-state index contributed by atoms with van der Waals surface area (Å²) in [4.78, 5) is 11.5. The average molecular weight is 361 g/mol. The summed E-state index contributed by atoms with van der Waals surface area (Å²) in [6.45, 7) is 2.64. The van der Waals surface area contributed by atoms with Crippen LogP contribution in [0, 0.1) is 11.7 Å². The summed E-state index contributed by atoms with van der Waals surface area (Å²) >= 11 is 1.74. The van der Waals surface area contributed by atoms with Crippen LogP contribution in [0.2, 0.25) is 0 Å². The van der Waals surface area contributed by atoms with Crippen LogP contribution in [0.5, 0.6) is 5.75 Å². The Morgan fingerprint density at radius 3 is 2.48 bits per heavy atom. The number of hydrogen-bond donors (Lipinski definition) is 0. The van der Waals surface area contributed by atoms with Gasteiger partial charge in [-0.15, -0.1) is 11.8 Å². The largest absolute Gasteiger partial charge is 0.494 e. The Kier molecular flexibility index (Phi) is 6.50. The lowest BCUT2D eigenvalue weighted by Crippen LogP contribution is -2.34. The molecular weight excluding hydrogens is 337 g/mol. The lowest BCUT2D eigenvalue weighted by molar-refractivity contribution is 0.279. The molecule has 0 amide bonds.